The van der Waals surface area contributed by atoms with Crippen LogP contribution in [-0.4, -0.2) is 41.4 Å². The Kier molecular flexibility index (Phi) is 6.18. The van der Waals surface area contributed by atoms with E-state index in [2.05, 4.69) is 11.9 Å². The lowest BCUT2D eigenvalue weighted by Crippen LogP contribution is -2.58. The van der Waals surface area contributed by atoms with E-state index in [4.69, 9.17) is 9.15 Å². The van der Waals surface area contributed by atoms with Crippen LogP contribution < -0.4 is 10.2 Å². The molecule has 0 aliphatic heterocycles. The highest BCUT2D eigenvalue weighted by molar-refractivity contribution is 5.88. The molecule has 6 heteroatoms. The van der Waals surface area contributed by atoms with Gasteiger partial charge in [0.1, 0.15) is 0 Å². The summed E-state index contributed by atoms with van der Waals surface area (Å²) in [5.41, 5.74) is 1.86. The van der Waals surface area contributed by atoms with Crippen molar-refractivity contribution in [3.63, 3.8) is 0 Å². The van der Waals surface area contributed by atoms with Crippen molar-refractivity contribution in [2.24, 2.45) is 17.8 Å². The van der Waals surface area contributed by atoms with Crippen molar-refractivity contribution < 1.29 is 19.4 Å². The average Bonchev–Trinajstić information content (AvgIpc) is 2.88. The Hall–Kier alpha value is -2.99. The number of ether oxygens (including phenoxy) is 1. The van der Waals surface area contributed by atoms with Gasteiger partial charge < -0.3 is 24.3 Å². The SMILES string of the molecule is COc1c(O)ccc2c(=O)c(O)c(-c3ccc(CCCCN(C)C45CC6CC(CC(C6)C4)C5)cc3)oc12. The minimum absolute atomic E-state index is 0.0742. The van der Waals surface area contributed by atoms with E-state index in [-0.39, 0.29) is 28.2 Å². The predicted octanol–water partition coefficient (Wildman–Crippen LogP) is 6.10. The Balaban J connectivity index is 1.10. The highest BCUT2D eigenvalue weighted by atomic mass is 16.5. The summed E-state index contributed by atoms with van der Waals surface area (Å²) in [6.45, 7) is 1.16. The number of phenolic OH excluding ortho intramolecular Hbond substituents is 1. The van der Waals surface area contributed by atoms with E-state index in [1.54, 1.807) is 0 Å². The van der Waals surface area contributed by atoms with Gasteiger partial charge in [-0.1, -0.05) is 24.3 Å². The van der Waals surface area contributed by atoms with Crippen molar-refractivity contribution in [1.82, 2.24) is 4.90 Å². The van der Waals surface area contributed by atoms with Gasteiger partial charge in [0.2, 0.25) is 16.9 Å². The van der Waals surface area contributed by atoms with Crippen molar-refractivity contribution in [2.45, 2.75) is 63.3 Å². The first-order valence-corrected chi connectivity index (χ1v) is 13.7. The molecule has 4 aliphatic rings. The van der Waals surface area contributed by atoms with Crippen LogP contribution in [0.3, 0.4) is 0 Å². The summed E-state index contributed by atoms with van der Waals surface area (Å²) < 4.78 is 11.1. The van der Waals surface area contributed by atoms with Gasteiger partial charge in [-0.15, -0.1) is 0 Å². The second-order valence-electron chi connectivity index (χ2n) is 11.8. The highest BCUT2D eigenvalue weighted by Crippen LogP contribution is 2.57. The number of aromatic hydroxyl groups is 2. The van der Waals surface area contributed by atoms with Crippen LogP contribution in [0.25, 0.3) is 22.3 Å². The Morgan fingerprint density at radius 2 is 1.62 bits per heavy atom. The highest BCUT2D eigenvalue weighted by Gasteiger charge is 2.52. The second-order valence-corrected chi connectivity index (χ2v) is 11.8. The third kappa shape index (κ3) is 4.29. The smallest absolute Gasteiger partial charge is 0.235 e. The van der Waals surface area contributed by atoms with Crippen LogP contribution in [0.4, 0.5) is 0 Å². The molecule has 196 valence electrons. The minimum Gasteiger partial charge on any atom is -0.504 e. The topological polar surface area (TPSA) is 83.1 Å². The lowest BCUT2D eigenvalue weighted by atomic mass is 9.52. The van der Waals surface area contributed by atoms with E-state index in [0.29, 0.717) is 11.1 Å². The fourth-order valence-electron chi connectivity index (χ4n) is 7.88. The fourth-order valence-corrected chi connectivity index (χ4v) is 7.88. The number of aryl methyl sites for hydroxylation is 1. The van der Waals surface area contributed by atoms with E-state index in [1.807, 2.05) is 24.3 Å². The summed E-state index contributed by atoms with van der Waals surface area (Å²) in [5.74, 6) is 2.51. The molecule has 0 spiro atoms. The molecule has 1 aromatic heterocycles. The van der Waals surface area contributed by atoms with E-state index >= 15 is 0 Å². The number of methoxy groups -OCH3 is 1. The third-order valence-corrected chi connectivity index (χ3v) is 9.42. The first-order chi connectivity index (χ1) is 17.9. The maximum Gasteiger partial charge on any atom is 0.235 e. The standard InChI is InChI=1S/C31H37NO5/c1-32(31-16-20-13-21(17-31)15-22(14-20)18-31)12-4-3-5-19-6-8-23(9-7-19)28-27(35)26(34)24-10-11-25(33)30(36-2)29(24)37-28/h6-11,20-22,33,35H,3-5,12-18H2,1-2H3. The third-order valence-electron chi connectivity index (χ3n) is 9.42. The lowest BCUT2D eigenvalue weighted by molar-refractivity contribution is -0.0792. The molecule has 4 saturated carbocycles. The van der Waals surface area contributed by atoms with Crippen LogP contribution in [0, 0.1) is 17.8 Å². The van der Waals surface area contributed by atoms with Gasteiger partial charge in [0.15, 0.2) is 17.1 Å². The first kappa shape index (κ1) is 24.4. The number of hydrogen-bond donors (Lipinski definition) is 2. The molecule has 3 aromatic rings. The van der Waals surface area contributed by atoms with Gasteiger partial charge in [0.05, 0.1) is 12.5 Å². The minimum atomic E-state index is -0.554. The summed E-state index contributed by atoms with van der Waals surface area (Å²) in [6, 6.07) is 10.6. The van der Waals surface area contributed by atoms with Gasteiger partial charge >= 0.3 is 0 Å². The Labute approximate surface area is 217 Å². The van der Waals surface area contributed by atoms with Crippen LogP contribution in [0.5, 0.6) is 17.2 Å². The number of unbranched alkanes of at least 4 members (excludes halogenated alkanes) is 1. The normalized spacial score (nSPS) is 26.3. The Morgan fingerprint density at radius 1 is 0.973 bits per heavy atom. The van der Waals surface area contributed by atoms with Crippen molar-refractivity contribution in [2.75, 3.05) is 20.7 Å². The number of phenols is 1. The molecule has 6 nitrogen and oxygen atoms in total. The molecular weight excluding hydrogens is 466 g/mol. The lowest BCUT2D eigenvalue weighted by Gasteiger charge is -2.60. The summed E-state index contributed by atoms with van der Waals surface area (Å²) >= 11 is 0. The first-order valence-electron chi connectivity index (χ1n) is 13.7. The van der Waals surface area contributed by atoms with E-state index < -0.39 is 11.2 Å². The van der Waals surface area contributed by atoms with Crippen molar-refractivity contribution in [3.8, 4) is 28.6 Å². The summed E-state index contributed by atoms with van der Waals surface area (Å²) in [7, 11) is 3.76. The van der Waals surface area contributed by atoms with Crippen molar-refractivity contribution >= 4 is 11.0 Å². The number of benzene rings is 2. The van der Waals surface area contributed by atoms with Gasteiger partial charge in [-0.3, -0.25) is 4.79 Å². The molecule has 0 amide bonds. The number of fused-ring (bicyclic) bond motifs is 1. The van der Waals surface area contributed by atoms with Gasteiger partial charge in [0, 0.05) is 11.1 Å². The zero-order valence-corrected chi connectivity index (χ0v) is 21.8. The molecule has 4 bridgehead atoms. The largest absolute Gasteiger partial charge is 0.504 e. The molecular formula is C31H37NO5. The number of rotatable bonds is 8. The van der Waals surface area contributed by atoms with Gasteiger partial charge in [0.25, 0.3) is 0 Å². The fraction of sp³-hybridized carbons (Fsp3) is 0.516. The molecule has 2 aromatic carbocycles. The molecule has 0 atom stereocenters. The van der Waals surface area contributed by atoms with Crippen LogP contribution >= 0.6 is 0 Å². The molecule has 1 heterocycles. The zero-order chi connectivity index (χ0) is 25.7. The van der Waals surface area contributed by atoms with Crippen molar-refractivity contribution in [3.05, 3.63) is 52.2 Å². The van der Waals surface area contributed by atoms with E-state index in [1.165, 1.54) is 69.8 Å². The monoisotopic (exact) mass is 503 g/mol. The van der Waals surface area contributed by atoms with E-state index in [0.717, 1.165) is 37.1 Å². The van der Waals surface area contributed by atoms with E-state index in [9.17, 15) is 15.0 Å². The van der Waals surface area contributed by atoms with Crippen molar-refractivity contribution in [1.29, 1.82) is 0 Å². The average molecular weight is 504 g/mol. The van der Waals surface area contributed by atoms with Gasteiger partial charge in [-0.2, -0.15) is 0 Å². The summed E-state index contributed by atoms with van der Waals surface area (Å²) in [5, 5.41) is 20.8. The maximum atomic E-state index is 12.7. The van der Waals surface area contributed by atoms with Gasteiger partial charge in [-0.25, -0.2) is 0 Å². The number of nitrogens with zero attached hydrogens (tertiary/aromatic N) is 1. The second kappa shape index (κ2) is 9.39. The molecule has 37 heavy (non-hydrogen) atoms. The molecule has 4 aliphatic carbocycles. The molecule has 0 unspecified atom stereocenters. The quantitative estimate of drug-likeness (QED) is 0.361. The molecule has 7 rings (SSSR count). The molecule has 4 fully saturated rings. The number of hydrogen-bond acceptors (Lipinski definition) is 6. The molecule has 0 saturated heterocycles. The van der Waals surface area contributed by atoms with Crippen LogP contribution in [0.2, 0.25) is 0 Å². The predicted molar refractivity (Wildman–Crippen MR) is 144 cm³/mol. The van der Waals surface area contributed by atoms with Crippen LogP contribution in [-0.2, 0) is 6.42 Å². The maximum absolute atomic E-state index is 12.7. The summed E-state index contributed by atoms with van der Waals surface area (Å²) in [6.07, 6.45) is 12.0. The molecule has 0 radical (unpaired) electrons. The van der Waals surface area contributed by atoms with Gasteiger partial charge in [-0.05, 0) is 107 Å². The zero-order valence-electron chi connectivity index (χ0n) is 21.8. The molecule has 2 N–H and O–H groups in total. The summed E-state index contributed by atoms with van der Waals surface area (Å²) in [4.78, 5) is 15.5. The van der Waals surface area contributed by atoms with Crippen LogP contribution in [0.15, 0.2) is 45.6 Å². The Bertz CT molecular complexity index is 1320. The van der Waals surface area contributed by atoms with Crippen LogP contribution in [0.1, 0.15) is 56.9 Å². The Morgan fingerprint density at radius 3 is 2.24 bits per heavy atom.